The number of nitrogens with two attached hydrogens (primary N) is 1. The molecule has 2 aromatic carbocycles. The van der Waals surface area contributed by atoms with Crippen LogP contribution in [0.15, 0.2) is 36.4 Å². The molecule has 2 atom stereocenters. The maximum Gasteiger partial charge on any atom is 0.410 e. The lowest BCUT2D eigenvalue weighted by molar-refractivity contribution is 0.00704. The van der Waals surface area contributed by atoms with Crippen molar-refractivity contribution in [2.24, 2.45) is 0 Å². The van der Waals surface area contributed by atoms with Crippen LogP contribution in [0.2, 0.25) is 10.0 Å². The number of benzene rings is 2. The van der Waals surface area contributed by atoms with E-state index in [4.69, 9.17) is 33.7 Å². The Morgan fingerprint density at radius 3 is 2.61 bits per heavy atom. The molecule has 1 saturated heterocycles. The summed E-state index contributed by atoms with van der Waals surface area (Å²) in [6.07, 6.45) is -0.408. The number of halogens is 2. The van der Waals surface area contributed by atoms with E-state index in [0.717, 1.165) is 16.9 Å². The van der Waals surface area contributed by atoms with Crippen molar-refractivity contribution in [1.29, 1.82) is 0 Å². The van der Waals surface area contributed by atoms with Crippen molar-refractivity contribution in [3.63, 3.8) is 0 Å². The number of nitrogen functional groups attached to an aromatic ring is 1. The van der Waals surface area contributed by atoms with Crippen LogP contribution in [-0.2, 0) is 4.74 Å². The standard InChI is InChI=1S/C24H32Cl2N4O3/c1-15(19-7-5-16(25)11-20(19)26)28-22-12-17(6-8-21(22)27)29-9-10-30(18(13-29)14-31)23(32)33-24(2,3)4/h5-8,11-12,15,18,28,31H,9-10,13-14,27H2,1-4H3/t15?,18-/m0/s1. The largest absolute Gasteiger partial charge is 0.444 e. The zero-order chi connectivity index (χ0) is 24.3. The van der Waals surface area contributed by atoms with E-state index in [1.165, 1.54) is 0 Å². The Morgan fingerprint density at radius 2 is 1.97 bits per heavy atom. The first-order chi connectivity index (χ1) is 15.5. The average Bonchev–Trinajstić information content (AvgIpc) is 2.73. The van der Waals surface area contributed by atoms with Gasteiger partial charge in [-0.15, -0.1) is 0 Å². The van der Waals surface area contributed by atoms with Gasteiger partial charge in [0, 0.05) is 35.4 Å². The van der Waals surface area contributed by atoms with Crippen LogP contribution in [0.5, 0.6) is 0 Å². The molecule has 0 aliphatic carbocycles. The van der Waals surface area contributed by atoms with Crippen molar-refractivity contribution in [1.82, 2.24) is 4.90 Å². The third kappa shape index (κ3) is 6.37. The number of nitrogens with zero attached hydrogens (tertiary/aromatic N) is 2. The van der Waals surface area contributed by atoms with Crippen molar-refractivity contribution in [3.8, 4) is 0 Å². The minimum absolute atomic E-state index is 0.0958. The van der Waals surface area contributed by atoms with E-state index in [2.05, 4.69) is 10.2 Å². The highest BCUT2D eigenvalue weighted by atomic mass is 35.5. The molecule has 9 heteroatoms. The Kier molecular flexibility index (Phi) is 7.88. The topological polar surface area (TPSA) is 91.1 Å². The number of amides is 1. The molecule has 0 spiro atoms. The summed E-state index contributed by atoms with van der Waals surface area (Å²) in [7, 11) is 0. The average molecular weight is 495 g/mol. The van der Waals surface area contributed by atoms with Crippen LogP contribution in [0.4, 0.5) is 21.9 Å². The normalized spacial score (nSPS) is 17.6. The van der Waals surface area contributed by atoms with Crippen molar-refractivity contribution in [2.45, 2.75) is 45.4 Å². The predicted octanol–water partition coefficient (Wildman–Crippen LogP) is 5.17. The fourth-order valence-electron chi connectivity index (χ4n) is 3.84. The minimum Gasteiger partial charge on any atom is -0.444 e. The molecule has 1 unspecified atom stereocenters. The van der Waals surface area contributed by atoms with Gasteiger partial charge in [-0.2, -0.15) is 0 Å². The molecule has 1 amide bonds. The van der Waals surface area contributed by atoms with Gasteiger partial charge in [-0.25, -0.2) is 4.79 Å². The molecule has 33 heavy (non-hydrogen) atoms. The van der Waals surface area contributed by atoms with Gasteiger partial charge in [0.15, 0.2) is 0 Å². The highest BCUT2D eigenvalue weighted by molar-refractivity contribution is 6.35. The lowest BCUT2D eigenvalue weighted by Gasteiger charge is -2.42. The molecule has 1 heterocycles. The van der Waals surface area contributed by atoms with Crippen molar-refractivity contribution < 1.29 is 14.6 Å². The van der Waals surface area contributed by atoms with Gasteiger partial charge in [0.25, 0.3) is 0 Å². The third-order valence-corrected chi connectivity index (χ3v) is 6.09. The van der Waals surface area contributed by atoms with Gasteiger partial charge in [0.2, 0.25) is 0 Å². The van der Waals surface area contributed by atoms with Crippen LogP contribution in [0.1, 0.15) is 39.3 Å². The number of anilines is 3. The molecule has 180 valence electrons. The Bertz CT molecular complexity index is 996. The van der Waals surface area contributed by atoms with Gasteiger partial charge in [0.05, 0.1) is 30.1 Å². The van der Waals surface area contributed by atoms with E-state index in [1.54, 1.807) is 17.0 Å². The number of aliphatic hydroxyl groups is 1. The summed E-state index contributed by atoms with van der Waals surface area (Å²) in [4.78, 5) is 16.3. The first-order valence-corrected chi connectivity index (χ1v) is 11.7. The summed E-state index contributed by atoms with van der Waals surface area (Å²) in [5.74, 6) is 0. The Hall–Kier alpha value is -2.35. The predicted molar refractivity (Wildman–Crippen MR) is 135 cm³/mol. The first kappa shape index (κ1) is 25.3. The Labute approximate surface area is 205 Å². The van der Waals surface area contributed by atoms with Crippen LogP contribution < -0.4 is 16.0 Å². The molecule has 0 saturated carbocycles. The van der Waals surface area contributed by atoms with E-state index in [9.17, 15) is 9.90 Å². The minimum atomic E-state index is -0.588. The van der Waals surface area contributed by atoms with Gasteiger partial charge in [-0.3, -0.25) is 4.90 Å². The highest BCUT2D eigenvalue weighted by Gasteiger charge is 2.33. The molecular formula is C24H32Cl2N4O3. The fraction of sp³-hybridized carbons (Fsp3) is 0.458. The zero-order valence-electron chi connectivity index (χ0n) is 19.4. The number of nitrogens with one attached hydrogen (secondary N) is 1. The lowest BCUT2D eigenvalue weighted by Crippen LogP contribution is -2.57. The van der Waals surface area contributed by atoms with Gasteiger partial charge in [0.1, 0.15) is 5.60 Å². The molecule has 1 fully saturated rings. The molecule has 0 bridgehead atoms. The second-order valence-corrected chi connectivity index (χ2v) is 10.1. The second-order valence-electron chi connectivity index (χ2n) is 9.26. The van der Waals surface area contributed by atoms with Gasteiger partial charge in [-0.05, 0) is 63.6 Å². The number of aliphatic hydroxyl groups excluding tert-OH is 1. The number of hydrogen-bond donors (Lipinski definition) is 3. The molecule has 2 aromatic rings. The quantitative estimate of drug-likeness (QED) is 0.496. The number of rotatable bonds is 5. The summed E-state index contributed by atoms with van der Waals surface area (Å²) < 4.78 is 5.50. The number of ether oxygens (including phenoxy) is 1. The third-order valence-electron chi connectivity index (χ3n) is 5.52. The number of piperazine rings is 1. The SMILES string of the molecule is CC(Nc1cc(N2CCN(C(=O)OC(C)(C)C)[C@H](CO)C2)ccc1N)c1ccc(Cl)cc1Cl. The fourth-order valence-corrected chi connectivity index (χ4v) is 4.41. The molecule has 0 radical (unpaired) electrons. The summed E-state index contributed by atoms with van der Waals surface area (Å²) in [6.45, 7) is 8.88. The van der Waals surface area contributed by atoms with E-state index in [-0.39, 0.29) is 18.7 Å². The van der Waals surface area contributed by atoms with E-state index in [0.29, 0.717) is 35.4 Å². The molecule has 4 N–H and O–H groups in total. The molecule has 3 rings (SSSR count). The van der Waals surface area contributed by atoms with E-state index in [1.807, 2.05) is 52.0 Å². The van der Waals surface area contributed by atoms with Crippen LogP contribution in [0.25, 0.3) is 0 Å². The van der Waals surface area contributed by atoms with Crippen LogP contribution in [-0.4, -0.2) is 54.0 Å². The summed E-state index contributed by atoms with van der Waals surface area (Å²) in [6, 6.07) is 10.7. The first-order valence-electron chi connectivity index (χ1n) is 10.9. The van der Waals surface area contributed by atoms with Crippen molar-refractivity contribution in [3.05, 3.63) is 52.0 Å². The number of carbonyl (C=O) groups excluding carboxylic acids is 1. The van der Waals surface area contributed by atoms with Crippen molar-refractivity contribution in [2.75, 3.05) is 42.2 Å². The van der Waals surface area contributed by atoms with Crippen LogP contribution in [0, 0.1) is 0 Å². The van der Waals surface area contributed by atoms with Crippen molar-refractivity contribution >= 4 is 46.4 Å². The second kappa shape index (κ2) is 10.3. The van der Waals surface area contributed by atoms with Gasteiger partial charge >= 0.3 is 6.09 Å². The molecule has 0 aromatic heterocycles. The zero-order valence-corrected chi connectivity index (χ0v) is 21.0. The molecule has 1 aliphatic heterocycles. The summed E-state index contributed by atoms with van der Waals surface area (Å²) in [5, 5.41) is 14.5. The van der Waals surface area contributed by atoms with E-state index < -0.39 is 11.7 Å². The Balaban J connectivity index is 1.74. The molecule has 7 nitrogen and oxygen atoms in total. The van der Waals surface area contributed by atoms with Gasteiger partial charge in [-0.1, -0.05) is 29.3 Å². The summed E-state index contributed by atoms with van der Waals surface area (Å²) >= 11 is 12.4. The maximum absolute atomic E-state index is 12.6. The molecular weight excluding hydrogens is 463 g/mol. The van der Waals surface area contributed by atoms with E-state index >= 15 is 0 Å². The monoisotopic (exact) mass is 494 g/mol. The maximum atomic E-state index is 12.6. The summed E-state index contributed by atoms with van der Waals surface area (Å²) in [5.41, 5.74) is 8.90. The lowest BCUT2D eigenvalue weighted by atomic mass is 10.1. The van der Waals surface area contributed by atoms with Gasteiger partial charge < -0.3 is 25.8 Å². The Morgan fingerprint density at radius 1 is 1.24 bits per heavy atom. The van der Waals surface area contributed by atoms with Crippen LogP contribution >= 0.6 is 23.2 Å². The highest BCUT2D eigenvalue weighted by Crippen LogP contribution is 2.33. The smallest absolute Gasteiger partial charge is 0.410 e. The number of carbonyl (C=O) groups is 1. The van der Waals surface area contributed by atoms with Crippen LogP contribution in [0.3, 0.4) is 0 Å². The molecule has 1 aliphatic rings. The number of hydrogen-bond acceptors (Lipinski definition) is 6.